The lowest BCUT2D eigenvalue weighted by atomic mass is 9.72. The quantitative estimate of drug-likeness (QED) is 0.126. The standard InChI is InChI=1S/C15H17B2N7O6/c16-14(26,27)13(25,15(17,28)29)24-11-8(10(18)20-4-21-11)9(23-24)5-1-2-7-6(3-5)22-12(19)30-7/h1-4,25-29H,16-17H2,(H2,19,22)(H2,18,20,21). The number of oxazole rings is 1. The van der Waals surface area contributed by atoms with Crippen molar-refractivity contribution in [2.45, 2.75) is 17.1 Å². The lowest BCUT2D eigenvalue weighted by molar-refractivity contribution is -0.357. The zero-order valence-electron chi connectivity index (χ0n) is 15.8. The molecule has 30 heavy (non-hydrogen) atoms. The summed E-state index contributed by atoms with van der Waals surface area (Å²) in [5.41, 5.74) is 3.45. The predicted octanol–water partition coefficient (Wildman–Crippen LogP) is -4.01. The summed E-state index contributed by atoms with van der Waals surface area (Å²) in [7, 11) is 1.53. The molecule has 0 radical (unpaired) electrons. The Balaban J connectivity index is 2.08. The van der Waals surface area contributed by atoms with Crippen molar-refractivity contribution in [1.82, 2.24) is 24.7 Å². The Morgan fingerprint density at radius 3 is 2.30 bits per heavy atom. The van der Waals surface area contributed by atoms with Crippen molar-refractivity contribution in [1.29, 1.82) is 0 Å². The molecule has 0 aliphatic rings. The number of benzene rings is 1. The molecule has 0 aliphatic heterocycles. The van der Waals surface area contributed by atoms with Gasteiger partial charge in [-0.15, -0.1) is 0 Å². The smallest absolute Gasteiger partial charge is 0.292 e. The Labute approximate surface area is 169 Å². The third kappa shape index (κ3) is 2.72. The molecule has 0 unspecified atom stereocenters. The number of nitrogen functional groups attached to an aromatic ring is 2. The van der Waals surface area contributed by atoms with Gasteiger partial charge in [0.15, 0.2) is 38.3 Å². The van der Waals surface area contributed by atoms with Crippen molar-refractivity contribution in [3.63, 3.8) is 0 Å². The monoisotopic (exact) mass is 413 g/mol. The van der Waals surface area contributed by atoms with E-state index in [0.29, 0.717) is 21.3 Å². The summed E-state index contributed by atoms with van der Waals surface area (Å²) in [5.74, 6) is -0.0430. The Morgan fingerprint density at radius 2 is 1.67 bits per heavy atom. The number of nitrogens with two attached hydrogens (primary N) is 2. The zero-order valence-corrected chi connectivity index (χ0v) is 15.8. The van der Waals surface area contributed by atoms with Gasteiger partial charge in [-0.25, -0.2) is 14.6 Å². The van der Waals surface area contributed by atoms with Crippen molar-refractivity contribution in [3.8, 4) is 11.3 Å². The summed E-state index contributed by atoms with van der Waals surface area (Å²) < 4.78 is 5.82. The van der Waals surface area contributed by atoms with Crippen LogP contribution in [0.5, 0.6) is 0 Å². The third-order valence-electron chi connectivity index (χ3n) is 4.80. The van der Waals surface area contributed by atoms with Gasteiger partial charge in [0.1, 0.15) is 23.4 Å². The molecule has 0 aliphatic carbocycles. The lowest BCUT2D eigenvalue weighted by Crippen LogP contribution is -2.69. The van der Waals surface area contributed by atoms with Crippen LogP contribution < -0.4 is 11.5 Å². The largest absolute Gasteiger partial charge is 0.424 e. The number of hydrogen-bond acceptors (Lipinski definition) is 12. The molecule has 0 saturated heterocycles. The Bertz CT molecular complexity index is 1260. The SMILES string of the molecule is BC(O)(O)C(O)(n1nc(-c2ccc3oc(N)nc3c2)c2c(N)ncnc21)C(B)(O)O. The molecule has 3 heterocycles. The van der Waals surface area contributed by atoms with Crippen molar-refractivity contribution >= 4 is 49.7 Å². The molecule has 154 valence electrons. The van der Waals surface area contributed by atoms with E-state index in [-0.39, 0.29) is 28.6 Å². The first-order valence-corrected chi connectivity index (χ1v) is 8.62. The van der Waals surface area contributed by atoms with Crippen LogP contribution in [0.4, 0.5) is 11.8 Å². The minimum atomic E-state index is -3.15. The van der Waals surface area contributed by atoms with E-state index in [2.05, 4.69) is 20.1 Å². The molecule has 0 saturated carbocycles. The van der Waals surface area contributed by atoms with Gasteiger partial charge in [-0.1, -0.05) is 0 Å². The highest BCUT2D eigenvalue weighted by Crippen LogP contribution is 2.38. The summed E-state index contributed by atoms with van der Waals surface area (Å²) in [6, 6.07) is 4.71. The van der Waals surface area contributed by atoms with Crippen molar-refractivity contribution in [2.24, 2.45) is 0 Å². The van der Waals surface area contributed by atoms with E-state index in [1.165, 1.54) is 0 Å². The van der Waals surface area contributed by atoms with Gasteiger partial charge in [-0.2, -0.15) is 10.1 Å². The van der Waals surface area contributed by atoms with Crippen LogP contribution >= 0.6 is 0 Å². The summed E-state index contributed by atoms with van der Waals surface area (Å²) in [4.78, 5) is 11.9. The van der Waals surface area contributed by atoms with E-state index < -0.39 is 17.1 Å². The number of anilines is 2. The highest BCUT2D eigenvalue weighted by molar-refractivity contribution is 6.17. The van der Waals surface area contributed by atoms with Crippen LogP contribution in [-0.2, 0) is 5.72 Å². The highest BCUT2D eigenvalue weighted by Gasteiger charge is 2.59. The van der Waals surface area contributed by atoms with E-state index in [9.17, 15) is 25.5 Å². The molecule has 1 aromatic carbocycles. The molecule has 9 N–H and O–H groups in total. The van der Waals surface area contributed by atoms with Crippen LogP contribution in [0, 0.1) is 0 Å². The zero-order chi connectivity index (χ0) is 22.1. The van der Waals surface area contributed by atoms with Crippen LogP contribution in [0.2, 0.25) is 0 Å². The van der Waals surface area contributed by atoms with Gasteiger partial charge in [0.05, 0.1) is 5.39 Å². The molecule has 13 nitrogen and oxygen atoms in total. The van der Waals surface area contributed by atoms with E-state index in [1.54, 1.807) is 18.2 Å². The van der Waals surface area contributed by atoms with Crippen LogP contribution in [0.25, 0.3) is 33.4 Å². The molecular formula is C15H17B2N7O6. The Hall–Kier alpha value is -3.23. The Morgan fingerprint density at radius 1 is 1.00 bits per heavy atom. The van der Waals surface area contributed by atoms with Gasteiger partial charge in [0, 0.05) is 5.56 Å². The topological polar surface area (TPSA) is 223 Å². The average molecular weight is 413 g/mol. The van der Waals surface area contributed by atoms with Crippen LogP contribution in [0.15, 0.2) is 28.9 Å². The second-order valence-electron chi connectivity index (χ2n) is 7.17. The summed E-state index contributed by atoms with van der Waals surface area (Å²) in [5, 5.41) is 56.1. The molecule has 0 amide bonds. The number of hydrogen-bond donors (Lipinski definition) is 7. The number of aromatic nitrogens is 5. The van der Waals surface area contributed by atoms with Gasteiger partial charge in [-0.05, 0) is 18.2 Å². The van der Waals surface area contributed by atoms with Crippen LogP contribution in [0.1, 0.15) is 0 Å². The minimum Gasteiger partial charge on any atom is -0.424 e. The molecule has 0 fully saturated rings. The second kappa shape index (κ2) is 6.13. The van der Waals surface area contributed by atoms with Gasteiger partial charge < -0.3 is 41.4 Å². The molecule has 4 aromatic rings. The van der Waals surface area contributed by atoms with Crippen molar-refractivity contribution in [2.75, 3.05) is 11.5 Å². The fourth-order valence-corrected chi connectivity index (χ4v) is 3.34. The van der Waals surface area contributed by atoms with Crippen molar-refractivity contribution < 1.29 is 29.9 Å². The van der Waals surface area contributed by atoms with E-state index >= 15 is 0 Å². The molecule has 0 spiro atoms. The number of nitrogens with zero attached hydrogens (tertiary/aromatic N) is 5. The van der Waals surface area contributed by atoms with E-state index in [1.807, 2.05) is 0 Å². The normalized spacial score (nSPS) is 13.4. The maximum absolute atomic E-state index is 11.0. The molecule has 15 heteroatoms. The molecule has 0 bridgehead atoms. The predicted molar refractivity (Wildman–Crippen MR) is 109 cm³/mol. The molecule has 3 aromatic heterocycles. The third-order valence-corrected chi connectivity index (χ3v) is 4.80. The first-order chi connectivity index (χ1) is 13.8. The summed E-state index contributed by atoms with van der Waals surface area (Å²) in [6.45, 7) is 0. The van der Waals surface area contributed by atoms with E-state index in [4.69, 9.17) is 15.9 Å². The Kier molecular flexibility index (Phi) is 4.10. The van der Waals surface area contributed by atoms with Crippen LogP contribution in [-0.4, -0.2) is 77.3 Å². The second-order valence-corrected chi connectivity index (χ2v) is 7.17. The van der Waals surface area contributed by atoms with Gasteiger partial charge >= 0.3 is 0 Å². The molecule has 0 atom stereocenters. The fourth-order valence-electron chi connectivity index (χ4n) is 3.34. The first-order valence-electron chi connectivity index (χ1n) is 8.62. The fraction of sp³-hybridized carbons (Fsp3) is 0.200. The van der Waals surface area contributed by atoms with Crippen LogP contribution in [0.3, 0.4) is 0 Å². The molecule has 4 rings (SSSR count). The lowest BCUT2D eigenvalue weighted by Gasteiger charge is -2.44. The van der Waals surface area contributed by atoms with Crippen molar-refractivity contribution in [3.05, 3.63) is 24.5 Å². The summed E-state index contributed by atoms with van der Waals surface area (Å²) >= 11 is 0. The summed E-state index contributed by atoms with van der Waals surface area (Å²) in [6.07, 6.45) is 1.06. The first kappa shape index (κ1) is 20.1. The minimum absolute atomic E-state index is 0.0394. The number of fused-ring (bicyclic) bond motifs is 2. The van der Waals surface area contributed by atoms with Gasteiger partial charge in [-0.3, -0.25) is 0 Å². The maximum Gasteiger partial charge on any atom is 0.292 e. The van der Waals surface area contributed by atoms with E-state index in [0.717, 1.165) is 22.0 Å². The number of rotatable bonds is 4. The molecular weight excluding hydrogens is 396 g/mol. The highest BCUT2D eigenvalue weighted by atomic mass is 16.6. The number of aliphatic hydroxyl groups is 5. The average Bonchev–Trinajstić information content (AvgIpc) is 3.19. The maximum atomic E-state index is 11.0. The van der Waals surface area contributed by atoms with Gasteiger partial charge in [0.25, 0.3) is 6.01 Å². The van der Waals surface area contributed by atoms with Gasteiger partial charge in [0.2, 0.25) is 5.72 Å².